The van der Waals surface area contributed by atoms with Crippen molar-refractivity contribution in [3.63, 3.8) is 0 Å². The first-order chi connectivity index (χ1) is 23.4. The largest absolute Gasteiger partial charge is 0.465 e. The molecule has 0 N–H and O–H groups in total. The van der Waals surface area contributed by atoms with Crippen LogP contribution in [0.1, 0.15) is 120 Å². The number of carbonyl (C=O) groups is 1. The van der Waals surface area contributed by atoms with Gasteiger partial charge in [0.15, 0.2) is 17.4 Å². The van der Waals surface area contributed by atoms with Gasteiger partial charge in [-0.05, 0) is 80.2 Å². The summed E-state index contributed by atoms with van der Waals surface area (Å²) in [5.41, 5.74) is -0.499. The van der Waals surface area contributed by atoms with E-state index in [0.717, 1.165) is 44.9 Å². The zero-order valence-electron chi connectivity index (χ0n) is 32.4. The zero-order valence-corrected chi connectivity index (χ0v) is 32.4. The van der Waals surface area contributed by atoms with Gasteiger partial charge < -0.3 is 42.6 Å². The summed E-state index contributed by atoms with van der Waals surface area (Å²) in [6.07, 6.45) is 12.7. The van der Waals surface area contributed by atoms with Crippen molar-refractivity contribution in [3.05, 3.63) is 24.8 Å². The van der Waals surface area contributed by atoms with Gasteiger partial charge in [0.1, 0.15) is 12.2 Å². The lowest BCUT2D eigenvalue weighted by atomic mass is 9.86. The fraction of sp³-hybridized carbons (Fsp3) is 0.875. The molecule has 0 aromatic carbocycles. The Labute approximate surface area is 301 Å². The first-order valence-electron chi connectivity index (χ1n) is 19.2. The molecule has 12 atom stereocenters. The van der Waals surface area contributed by atoms with Crippen LogP contribution in [0.3, 0.4) is 0 Å². The number of carbonyl (C=O) groups excluding carboxylic acids is 1. The summed E-state index contributed by atoms with van der Waals surface area (Å²) in [4.78, 5) is 12.2. The highest BCUT2D eigenvalue weighted by Gasteiger charge is 2.55. The van der Waals surface area contributed by atoms with Gasteiger partial charge in [0.25, 0.3) is 0 Å². The van der Waals surface area contributed by atoms with Crippen LogP contribution < -0.4 is 0 Å². The van der Waals surface area contributed by atoms with E-state index in [1.54, 1.807) is 7.11 Å². The Bertz CT molecular complexity index is 1180. The van der Waals surface area contributed by atoms with E-state index < -0.39 is 22.8 Å². The highest BCUT2D eigenvalue weighted by molar-refractivity contribution is 5.75. The smallest absolute Gasteiger partial charge is 0.311 e. The minimum absolute atomic E-state index is 0.000887. The average molecular weight is 707 g/mol. The van der Waals surface area contributed by atoms with Gasteiger partial charge in [-0.2, -0.15) is 0 Å². The van der Waals surface area contributed by atoms with Crippen molar-refractivity contribution in [3.8, 4) is 0 Å². The van der Waals surface area contributed by atoms with Gasteiger partial charge in [-0.1, -0.05) is 26.0 Å². The van der Waals surface area contributed by atoms with Crippen LogP contribution in [0.15, 0.2) is 24.8 Å². The summed E-state index contributed by atoms with van der Waals surface area (Å²) < 4.78 is 57.8. The van der Waals surface area contributed by atoms with Crippen molar-refractivity contribution < 1.29 is 47.4 Å². The Balaban J connectivity index is 1.20. The van der Waals surface area contributed by atoms with E-state index in [2.05, 4.69) is 32.6 Å². The predicted octanol–water partition coefficient (Wildman–Crippen LogP) is 7.42. The standard InChI is InChI=1S/C40H66O10/c1-12-25(2)33-35(49-39(9,10)48-33)34-31(42-11)17-20-40(50-34)19-16-26(3)32(47-40)24-30-23-29(45-38(7,8)46-30)22-28-15-13-14-27(44-28)18-21-43-36(41)37(4,5)6/h12,16,19,25-35H,1,13-15,17-18,20-24H2,2-11H3/t25-,26-,27+,28-,29+,30-,31-,32+,33-,34-,35-,40-/m0/s1. The van der Waals surface area contributed by atoms with E-state index in [1.807, 2.05) is 54.5 Å². The minimum Gasteiger partial charge on any atom is -0.465 e. The Morgan fingerprint density at radius 3 is 2.28 bits per heavy atom. The highest BCUT2D eigenvalue weighted by Crippen LogP contribution is 2.45. The number of ether oxygens (including phenoxy) is 9. The number of esters is 1. The lowest BCUT2D eigenvalue weighted by Crippen LogP contribution is -2.58. The summed E-state index contributed by atoms with van der Waals surface area (Å²) in [5.74, 6) is -2.27. The van der Waals surface area contributed by atoms with Gasteiger partial charge in [0, 0.05) is 51.0 Å². The molecule has 4 fully saturated rings. The Kier molecular flexibility index (Phi) is 12.7. The summed E-state index contributed by atoms with van der Waals surface area (Å²) in [5, 5.41) is 0. The summed E-state index contributed by atoms with van der Waals surface area (Å²) in [6.45, 7) is 22.2. The molecule has 0 bridgehead atoms. The van der Waals surface area contributed by atoms with E-state index in [-0.39, 0.29) is 72.7 Å². The molecule has 5 rings (SSSR count). The Morgan fingerprint density at radius 2 is 1.60 bits per heavy atom. The topological polar surface area (TPSA) is 100 Å². The molecule has 10 heteroatoms. The maximum absolute atomic E-state index is 12.2. The van der Waals surface area contributed by atoms with E-state index in [1.165, 1.54) is 0 Å². The molecule has 50 heavy (non-hydrogen) atoms. The third-order valence-electron chi connectivity index (χ3n) is 10.9. The summed E-state index contributed by atoms with van der Waals surface area (Å²) >= 11 is 0. The molecule has 5 aliphatic rings. The predicted molar refractivity (Wildman–Crippen MR) is 189 cm³/mol. The van der Waals surface area contributed by atoms with Crippen molar-refractivity contribution in [2.24, 2.45) is 17.3 Å². The lowest BCUT2D eigenvalue weighted by Gasteiger charge is -2.49. The van der Waals surface area contributed by atoms with Crippen LogP contribution in [0.25, 0.3) is 0 Å². The summed E-state index contributed by atoms with van der Waals surface area (Å²) in [6, 6.07) is 0. The maximum atomic E-state index is 12.2. The maximum Gasteiger partial charge on any atom is 0.311 e. The van der Waals surface area contributed by atoms with Gasteiger partial charge in [0.05, 0.1) is 54.7 Å². The first-order valence-corrected chi connectivity index (χ1v) is 19.2. The van der Waals surface area contributed by atoms with E-state index in [0.29, 0.717) is 19.4 Å². The molecule has 0 aliphatic carbocycles. The molecule has 4 saturated heterocycles. The zero-order chi connectivity index (χ0) is 36.5. The summed E-state index contributed by atoms with van der Waals surface area (Å²) in [7, 11) is 1.73. The van der Waals surface area contributed by atoms with Crippen LogP contribution in [-0.4, -0.2) is 92.0 Å². The molecule has 286 valence electrons. The normalized spacial score (nSPS) is 40.8. The molecule has 0 aromatic rings. The van der Waals surface area contributed by atoms with E-state index in [9.17, 15) is 4.79 Å². The average Bonchev–Trinajstić information content (AvgIpc) is 3.36. The molecule has 0 radical (unpaired) electrons. The second kappa shape index (κ2) is 15.9. The monoisotopic (exact) mass is 706 g/mol. The molecule has 10 nitrogen and oxygen atoms in total. The van der Waals surface area contributed by atoms with Crippen molar-refractivity contribution in [1.29, 1.82) is 0 Å². The van der Waals surface area contributed by atoms with Crippen LogP contribution in [0.2, 0.25) is 0 Å². The van der Waals surface area contributed by atoms with Crippen LogP contribution >= 0.6 is 0 Å². The molecule has 1 spiro atoms. The van der Waals surface area contributed by atoms with E-state index >= 15 is 0 Å². The third kappa shape index (κ3) is 9.98. The number of hydrogen-bond donors (Lipinski definition) is 0. The van der Waals surface area contributed by atoms with Crippen LogP contribution in [-0.2, 0) is 47.4 Å². The lowest BCUT2D eigenvalue weighted by molar-refractivity contribution is -0.330. The molecular weight excluding hydrogens is 640 g/mol. The number of rotatable bonds is 11. The third-order valence-corrected chi connectivity index (χ3v) is 10.9. The SMILES string of the molecule is C=C[C@H](C)[C@@H]1OC(C)(C)O[C@@H]1[C@H]1O[C@@]2(C=C[C@H](C)[C@@H](C[C@@H]3C[C@@H](C[C@@H]4CCC[C@H](CCOC(=O)C(C)(C)C)O4)OC(C)(C)O3)O2)CC[C@@H]1OC. The minimum atomic E-state index is -0.888. The molecule has 0 amide bonds. The molecule has 0 aromatic heterocycles. The van der Waals surface area contributed by atoms with Gasteiger partial charge in [-0.3, -0.25) is 4.79 Å². The van der Waals surface area contributed by atoms with Crippen molar-refractivity contribution in [1.82, 2.24) is 0 Å². The second-order valence-corrected chi connectivity index (χ2v) is 17.3. The second-order valence-electron chi connectivity index (χ2n) is 17.3. The molecular formula is C40H66O10. The Hall–Kier alpha value is -1.37. The van der Waals surface area contributed by atoms with Gasteiger partial charge in [0.2, 0.25) is 0 Å². The number of methoxy groups -OCH3 is 1. The Morgan fingerprint density at radius 1 is 0.920 bits per heavy atom. The van der Waals surface area contributed by atoms with Crippen molar-refractivity contribution >= 4 is 5.97 Å². The van der Waals surface area contributed by atoms with Crippen LogP contribution in [0, 0.1) is 17.3 Å². The quantitative estimate of drug-likeness (QED) is 0.159. The van der Waals surface area contributed by atoms with Gasteiger partial charge in [-0.15, -0.1) is 6.58 Å². The number of hydrogen-bond acceptors (Lipinski definition) is 10. The molecule has 0 unspecified atom stereocenters. The fourth-order valence-corrected chi connectivity index (χ4v) is 8.24. The van der Waals surface area contributed by atoms with Crippen LogP contribution in [0.4, 0.5) is 0 Å². The molecule has 0 saturated carbocycles. The van der Waals surface area contributed by atoms with Gasteiger partial charge >= 0.3 is 5.97 Å². The first kappa shape index (κ1) is 39.8. The van der Waals surface area contributed by atoms with Crippen LogP contribution in [0.5, 0.6) is 0 Å². The fourth-order valence-electron chi connectivity index (χ4n) is 8.24. The molecule has 5 aliphatic heterocycles. The van der Waals surface area contributed by atoms with Gasteiger partial charge in [-0.25, -0.2) is 0 Å². The van der Waals surface area contributed by atoms with E-state index in [4.69, 9.17) is 42.6 Å². The van der Waals surface area contributed by atoms with Crippen molar-refractivity contribution in [2.45, 2.75) is 192 Å². The van der Waals surface area contributed by atoms with Crippen molar-refractivity contribution in [2.75, 3.05) is 13.7 Å². The highest BCUT2D eigenvalue weighted by atomic mass is 16.8. The molecule has 5 heterocycles.